The second kappa shape index (κ2) is 18.5. The summed E-state index contributed by atoms with van der Waals surface area (Å²) in [7, 11) is 9.71. The summed E-state index contributed by atoms with van der Waals surface area (Å²) in [6, 6.07) is 28.3. The van der Waals surface area contributed by atoms with Crippen LogP contribution in [-0.2, 0) is 15.1 Å². The first-order valence-electron chi connectivity index (χ1n) is 22.4. The molecule has 8 unspecified atom stereocenters. The Hall–Kier alpha value is -3.96. The molecule has 6 aromatic rings. The molecule has 3 aliphatic rings. The molecule has 5 heterocycles. The van der Waals surface area contributed by atoms with Gasteiger partial charge in [-0.15, -0.1) is 0 Å². The minimum absolute atomic E-state index is 0.0232. The molecule has 4 aromatic carbocycles. The Labute approximate surface area is 392 Å². The molecule has 63 heavy (non-hydrogen) atoms. The molecule has 328 valence electrons. The van der Waals surface area contributed by atoms with Crippen LogP contribution in [0, 0.1) is 83.1 Å². The number of rotatable bonds is 4. The first-order valence-corrected chi connectivity index (χ1v) is 26.9. The third-order valence-electron chi connectivity index (χ3n) is 14.1. The quantitative estimate of drug-likeness (QED) is 0.137. The van der Waals surface area contributed by atoms with Gasteiger partial charge in [0, 0.05) is 47.8 Å². The van der Waals surface area contributed by atoms with Crippen molar-refractivity contribution in [3.05, 3.63) is 209 Å². The number of fused-ring (bicyclic) bond motifs is 8. The standard InChI is InChI=1S/C56H62N4.2ClH.Ru/c1-29-21-33(5)49(34(6)22-29)53-41-13-15-43(57-41)54(50-35(7)23-30(2)24-36(50)8)45-17-19-47(59-45)56(52-39(11)27-32(4)28-40(52)12)48-20-18-46(60-48)55(44-16-14-42(53)58-44)51-37(9)25-31(3)26-38(51)10;;;/h13-28,41,43,46,48,53-57,60H,1-12H3;2*1H;/q-2;;;+4/p-2. The summed E-state index contributed by atoms with van der Waals surface area (Å²) >= 11 is -0.346. The number of benzene rings is 4. The monoisotopic (exact) mass is 962 g/mol. The van der Waals surface area contributed by atoms with Crippen molar-refractivity contribution < 1.29 is 15.1 Å². The van der Waals surface area contributed by atoms with Gasteiger partial charge in [0.05, 0.1) is 0 Å². The van der Waals surface area contributed by atoms with E-state index < -0.39 is 0 Å². The van der Waals surface area contributed by atoms with E-state index in [0.29, 0.717) is 0 Å². The van der Waals surface area contributed by atoms with Gasteiger partial charge in [-0.05, 0) is 150 Å². The topological polar surface area (TPSA) is 52.3 Å². The van der Waals surface area contributed by atoms with Crippen molar-refractivity contribution in [1.29, 1.82) is 0 Å². The van der Waals surface area contributed by atoms with Crippen molar-refractivity contribution in [2.45, 2.75) is 131 Å². The Morgan fingerprint density at radius 2 is 0.524 bits per heavy atom. The predicted molar refractivity (Wildman–Crippen MR) is 261 cm³/mol. The van der Waals surface area contributed by atoms with Crippen molar-refractivity contribution in [2.75, 3.05) is 0 Å². The molecule has 0 saturated carbocycles. The Balaban J connectivity index is 0.00000177. The molecule has 0 saturated heterocycles. The first kappa shape index (κ1) is 45.6. The molecular formula is C56H62Cl2N4Ru. The van der Waals surface area contributed by atoms with E-state index in [1.54, 1.807) is 0 Å². The molecule has 0 radical (unpaired) electrons. The van der Waals surface area contributed by atoms with E-state index in [4.69, 9.17) is 29.4 Å². The average molecular weight is 963 g/mol. The molecule has 9 rings (SSSR count). The molecule has 0 spiro atoms. The molecule has 0 amide bonds. The molecule has 3 aliphatic heterocycles. The Morgan fingerprint density at radius 3 is 0.698 bits per heavy atom. The zero-order valence-electron chi connectivity index (χ0n) is 38.9. The molecule has 8 atom stereocenters. The van der Waals surface area contributed by atoms with Crippen LogP contribution in [-0.4, -0.2) is 24.2 Å². The van der Waals surface area contributed by atoms with Gasteiger partial charge in [-0.1, -0.05) is 119 Å². The van der Waals surface area contributed by atoms with Gasteiger partial charge in [-0.25, -0.2) is 0 Å². The number of hydrogen-bond donors (Lipinski definition) is 2. The number of aryl methyl sites for hydroxylation is 12. The number of aromatic nitrogens is 2. The van der Waals surface area contributed by atoms with Gasteiger partial charge < -0.3 is 20.6 Å². The molecule has 0 aliphatic carbocycles. The number of hydrogen-bond acceptors (Lipinski definition) is 2. The van der Waals surface area contributed by atoms with E-state index >= 15 is 0 Å². The summed E-state index contributed by atoms with van der Waals surface area (Å²) in [6.45, 7) is 27.1. The maximum atomic E-state index is 5.78. The fourth-order valence-electron chi connectivity index (χ4n) is 12.2. The molecule has 8 bridgehead atoms. The average Bonchev–Trinajstić information content (AvgIpc) is 4.03. The van der Waals surface area contributed by atoms with E-state index in [-0.39, 0.29) is 63.0 Å². The molecular weight excluding hydrogens is 901 g/mol. The zero-order valence-corrected chi connectivity index (χ0v) is 42.1. The minimum atomic E-state index is -0.346. The molecule has 2 aromatic heterocycles. The van der Waals surface area contributed by atoms with Gasteiger partial charge in [-0.3, -0.25) is 0 Å². The van der Waals surface area contributed by atoms with E-state index in [1.807, 2.05) is 0 Å². The second-order valence-electron chi connectivity index (χ2n) is 19.0. The van der Waals surface area contributed by atoms with E-state index in [2.05, 4.69) is 191 Å². The number of nitrogens with zero attached hydrogens (tertiary/aromatic N) is 2. The van der Waals surface area contributed by atoms with Gasteiger partial charge >= 0.3 is 34.5 Å². The molecule has 7 heteroatoms. The van der Waals surface area contributed by atoms with Gasteiger partial charge in [0.25, 0.3) is 0 Å². The summed E-state index contributed by atoms with van der Waals surface area (Å²) in [5.74, 6) is 0.0930. The van der Waals surface area contributed by atoms with Crippen LogP contribution in [0.5, 0.6) is 0 Å². The fraction of sp³-hybridized carbons (Fsp3) is 0.357. The van der Waals surface area contributed by atoms with E-state index in [1.165, 1.54) is 89.0 Å². The van der Waals surface area contributed by atoms with Crippen molar-refractivity contribution in [2.24, 2.45) is 0 Å². The van der Waals surface area contributed by atoms with Gasteiger partial charge in [0.2, 0.25) is 0 Å². The summed E-state index contributed by atoms with van der Waals surface area (Å²) < 4.78 is 0. The first-order chi connectivity index (χ1) is 30.1. The van der Waals surface area contributed by atoms with E-state index in [9.17, 15) is 0 Å². The second-order valence-corrected chi connectivity index (χ2v) is 21.6. The third-order valence-corrected chi connectivity index (χ3v) is 14.1. The Kier molecular flexibility index (Phi) is 13.4. The van der Waals surface area contributed by atoms with Crippen LogP contribution in [0.2, 0.25) is 0 Å². The summed E-state index contributed by atoms with van der Waals surface area (Å²) in [5.41, 5.74) is 25.7. The van der Waals surface area contributed by atoms with Crippen molar-refractivity contribution in [1.82, 2.24) is 20.6 Å². The van der Waals surface area contributed by atoms with Crippen molar-refractivity contribution in [3.8, 4) is 0 Å². The Bertz CT molecular complexity index is 2280. The molecule has 2 N–H and O–H groups in total. The molecule has 0 fully saturated rings. The summed E-state index contributed by atoms with van der Waals surface area (Å²) in [6.07, 6.45) is 9.76. The maximum absolute atomic E-state index is 5.78. The zero-order chi connectivity index (χ0) is 45.0. The van der Waals surface area contributed by atoms with Crippen LogP contribution in [0.25, 0.3) is 0 Å². The predicted octanol–water partition coefficient (Wildman–Crippen LogP) is 12.7. The summed E-state index contributed by atoms with van der Waals surface area (Å²) in [4.78, 5) is 11.6. The SMILES string of the molecule is Cc1cc(C)c(C2c3ccc([n-]3)C(c3c(C)cc(C)cc3C)C3C=CC(N3)C(c3c(C)cc(C)cc3C)c3ccc([n-]3)C(c3c(C)cc(C)cc3C)C3C=CC2N3)c(C)c1.[Cl][Ru+2][Cl]. The number of halogens is 2. The van der Waals surface area contributed by atoms with Crippen molar-refractivity contribution >= 4 is 19.4 Å². The van der Waals surface area contributed by atoms with Crippen molar-refractivity contribution in [3.63, 3.8) is 0 Å². The van der Waals surface area contributed by atoms with Gasteiger partial charge in [-0.2, -0.15) is 22.8 Å². The number of nitrogens with one attached hydrogen (secondary N) is 2. The fourth-order valence-corrected chi connectivity index (χ4v) is 12.2. The normalized spacial score (nSPS) is 23.8. The van der Waals surface area contributed by atoms with Crippen LogP contribution in [0.3, 0.4) is 0 Å². The molecule has 4 nitrogen and oxygen atoms in total. The Morgan fingerprint density at radius 1 is 0.349 bits per heavy atom. The third kappa shape index (κ3) is 8.79. The summed E-state index contributed by atoms with van der Waals surface area (Å²) in [5, 5.41) is 8.51. The van der Waals surface area contributed by atoms with Gasteiger partial charge in [0.1, 0.15) is 0 Å². The van der Waals surface area contributed by atoms with E-state index in [0.717, 1.165) is 22.8 Å². The van der Waals surface area contributed by atoms with Crippen LogP contribution in [0.1, 0.15) is 135 Å². The van der Waals surface area contributed by atoms with Crippen LogP contribution < -0.4 is 20.6 Å². The van der Waals surface area contributed by atoms with Crippen LogP contribution in [0.15, 0.2) is 97.1 Å². The van der Waals surface area contributed by atoms with Crippen LogP contribution >= 0.6 is 19.4 Å². The van der Waals surface area contributed by atoms with Gasteiger partial charge in [0.15, 0.2) is 0 Å². The van der Waals surface area contributed by atoms with Crippen LogP contribution in [0.4, 0.5) is 0 Å².